The van der Waals surface area contributed by atoms with E-state index in [0.29, 0.717) is 6.04 Å². The van der Waals surface area contributed by atoms with Crippen molar-refractivity contribution in [3.63, 3.8) is 0 Å². The van der Waals surface area contributed by atoms with Gasteiger partial charge in [0.2, 0.25) is 0 Å². The first-order chi connectivity index (χ1) is 4.77. The predicted molar refractivity (Wildman–Crippen MR) is 42.0 cm³/mol. The predicted octanol–water partition coefficient (Wildman–Crippen LogP) is 0.298. The van der Waals surface area contributed by atoms with Crippen molar-refractivity contribution in [2.75, 3.05) is 20.1 Å². The fourth-order valence-corrected chi connectivity index (χ4v) is 2.36. The monoisotopic (exact) mass is 140 g/mol. The van der Waals surface area contributed by atoms with Gasteiger partial charge >= 0.3 is 0 Å². The van der Waals surface area contributed by atoms with Gasteiger partial charge in [0, 0.05) is 18.6 Å². The van der Waals surface area contributed by atoms with Gasteiger partial charge in [0.05, 0.1) is 0 Å². The molecule has 0 aromatic heterocycles. The lowest BCUT2D eigenvalue weighted by Gasteiger charge is -2.29. The van der Waals surface area contributed by atoms with Crippen LogP contribution in [0.2, 0.25) is 0 Å². The van der Waals surface area contributed by atoms with Gasteiger partial charge < -0.3 is 10.2 Å². The maximum absolute atomic E-state index is 3.53. The van der Waals surface area contributed by atoms with Crippen LogP contribution in [-0.4, -0.2) is 37.1 Å². The van der Waals surface area contributed by atoms with Crippen molar-refractivity contribution < 1.29 is 0 Å². The molecule has 1 unspecified atom stereocenters. The van der Waals surface area contributed by atoms with Crippen molar-refractivity contribution in [3.05, 3.63) is 0 Å². The average Bonchev–Trinajstić information content (AvgIpc) is 2.21. The van der Waals surface area contributed by atoms with Gasteiger partial charge in [-0.2, -0.15) is 0 Å². The van der Waals surface area contributed by atoms with E-state index in [0.717, 1.165) is 12.0 Å². The van der Waals surface area contributed by atoms with Crippen molar-refractivity contribution in [3.8, 4) is 0 Å². The van der Waals surface area contributed by atoms with Crippen LogP contribution in [0.15, 0.2) is 0 Å². The van der Waals surface area contributed by atoms with E-state index >= 15 is 0 Å². The average molecular weight is 140 g/mol. The number of fused-ring (bicyclic) bond motifs is 2. The smallest absolute Gasteiger partial charge is 0.0247 e. The summed E-state index contributed by atoms with van der Waals surface area (Å²) in [6.07, 6.45) is 1.42. The minimum absolute atomic E-state index is 0.712. The van der Waals surface area contributed by atoms with Gasteiger partial charge in [-0.05, 0) is 32.9 Å². The number of likely N-dealkylation sites (tertiary alicyclic amines) is 1. The molecule has 0 aliphatic carbocycles. The molecule has 2 aliphatic rings. The molecule has 2 rings (SSSR count). The van der Waals surface area contributed by atoms with Crippen LogP contribution in [0.5, 0.6) is 0 Å². The van der Waals surface area contributed by atoms with E-state index in [9.17, 15) is 0 Å². The van der Waals surface area contributed by atoms with Crippen molar-refractivity contribution in [1.29, 1.82) is 0 Å². The van der Waals surface area contributed by atoms with Gasteiger partial charge in [-0.3, -0.25) is 0 Å². The summed E-state index contributed by atoms with van der Waals surface area (Å²) in [6.45, 7) is 4.84. The molecule has 2 bridgehead atoms. The summed E-state index contributed by atoms with van der Waals surface area (Å²) in [5.74, 6) is 0.936. The Hall–Kier alpha value is -0.0800. The lowest BCUT2D eigenvalue weighted by atomic mass is 9.96. The topological polar surface area (TPSA) is 15.3 Å². The molecule has 2 nitrogen and oxygen atoms in total. The van der Waals surface area contributed by atoms with E-state index in [1.807, 2.05) is 0 Å². The molecule has 0 saturated carbocycles. The van der Waals surface area contributed by atoms with Crippen LogP contribution < -0.4 is 5.32 Å². The van der Waals surface area contributed by atoms with Crippen LogP contribution in [0.25, 0.3) is 0 Å². The number of hydrogen-bond acceptors (Lipinski definition) is 2. The molecule has 2 heterocycles. The summed E-state index contributed by atoms with van der Waals surface area (Å²) in [5.41, 5.74) is 0. The molecule has 0 amide bonds. The Labute approximate surface area is 62.6 Å². The van der Waals surface area contributed by atoms with Crippen LogP contribution in [0.3, 0.4) is 0 Å². The molecular formula is C8H16N2. The van der Waals surface area contributed by atoms with Crippen molar-refractivity contribution >= 4 is 0 Å². The molecule has 1 N–H and O–H groups in total. The Bertz CT molecular complexity index is 131. The zero-order chi connectivity index (χ0) is 7.14. The zero-order valence-corrected chi connectivity index (χ0v) is 6.80. The fourth-order valence-electron chi connectivity index (χ4n) is 2.36. The third kappa shape index (κ3) is 0.867. The third-order valence-corrected chi connectivity index (χ3v) is 2.99. The number of piperidine rings is 1. The number of hydrogen-bond donors (Lipinski definition) is 1. The third-order valence-electron chi connectivity index (χ3n) is 2.99. The van der Waals surface area contributed by atoms with Crippen molar-refractivity contribution in [2.24, 2.45) is 5.92 Å². The van der Waals surface area contributed by atoms with Crippen LogP contribution in [0.1, 0.15) is 13.3 Å². The second kappa shape index (κ2) is 2.21. The van der Waals surface area contributed by atoms with E-state index in [2.05, 4.69) is 24.2 Å². The van der Waals surface area contributed by atoms with E-state index in [4.69, 9.17) is 0 Å². The van der Waals surface area contributed by atoms with Crippen LogP contribution in [-0.2, 0) is 0 Å². The van der Waals surface area contributed by atoms with E-state index < -0.39 is 0 Å². The molecule has 3 atom stereocenters. The highest BCUT2D eigenvalue weighted by Crippen LogP contribution is 2.27. The maximum Gasteiger partial charge on any atom is 0.0247 e. The maximum atomic E-state index is 3.53. The van der Waals surface area contributed by atoms with Gasteiger partial charge in [-0.25, -0.2) is 0 Å². The number of nitrogens with one attached hydrogen (secondary N) is 1. The number of nitrogens with zero attached hydrogens (tertiary/aromatic N) is 1. The summed E-state index contributed by atoms with van der Waals surface area (Å²) < 4.78 is 0. The first-order valence-corrected chi connectivity index (χ1v) is 4.21. The van der Waals surface area contributed by atoms with Gasteiger partial charge in [0.15, 0.2) is 0 Å². The first-order valence-electron chi connectivity index (χ1n) is 4.21. The Balaban J connectivity index is 2.10. The van der Waals surface area contributed by atoms with E-state index in [1.165, 1.54) is 19.5 Å². The number of likely N-dealkylation sites (N-methyl/N-ethyl adjacent to an activating group) is 1. The van der Waals surface area contributed by atoms with Crippen molar-refractivity contribution in [1.82, 2.24) is 10.2 Å². The normalized spacial score (nSPS) is 48.0. The molecule has 0 radical (unpaired) electrons. The first kappa shape index (κ1) is 6.62. The fraction of sp³-hybridized carbons (Fsp3) is 1.00. The van der Waals surface area contributed by atoms with Gasteiger partial charge in [0.25, 0.3) is 0 Å². The second-order valence-corrected chi connectivity index (χ2v) is 3.81. The Morgan fingerprint density at radius 2 is 2.30 bits per heavy atom. The summed E-state index contributed by atoms with van der Waals surface area (Å²) in [6, 6.07) is 1.53. The SMILES string of the molecule is CC1NC[C@@H]2C[C@H]1N(C)C2. The van der Waals surface area contributed by atoms with Crippen LogP contribution >= 0.6 is 0 Å². The lowest BCUT2D eigenvalue weighted by Crippen LogP contribution is -2.45. The van der Waals surface area contributed by atoms with Gasteiger partial charge in [-0.15, -0.1) is 0 Å². The van der Waals surface area contributed by atoms with Gasteiger partial charge in [0.1, 0.15) is 0 Å². The molecule has 2 saturated heterocycles. The summed E-state index contributed by atoms with van der Waals surface area (Å²) in [7, 11) is 2.24. The highest BCUT2D eigenvalue weighted by Gasteiger charge is 2.36. The lowest BCUT2D eigenvalue weighted by molar-refractivity contribution is 0.256. The summed E-state index contributed by atoms with van der Waals surface area (Å²) >= 11 is 0. The summed E-state index contributed by atoms with van der Waals surface area (Å²) in [5, 5.41) is 3.53. The molecule has 2 fully saturated rings. The Morgan fingerprint density at radius 3 is 3.00 bits per heavy atom. The molecule has 58 valence electrons. The number of rotatable bonds is 0. The highest BCUT2D eigenvalue weighted by molar-refractivity contribution is 4.94. The Kier molecular flexibility index (Phi) is 1.46. The molecule has 0 aromatic rings. The van der Waals surface area contributed by atoms with E-state index in [1.54, 1.807) is 0 Å². The Morgan fingerprint density at radius 1 is 1.50 bits per heavy atom. The molecule has 10 heavy (non-hydrogen) atoms. The minimum Gasteiger partial charge on any atom is -0.312 e. The van der Waals surface area contributed by atoms with Crippen LogP contribution in [0.4, 0.5) is 0 Å². The standard InChI is InChI=1S/C8H16N2/c1-6-8-3-7(4-9-6)5-10(8)2/h6-9H,3-5H2,1-2H3/t6?,7-,8+/m0/s1. The zero-order valence-electron chi connectivity index (χ0n) is 6.80. The molecular weight excluding hydrogens is 124 g/mol. The van der Waals surface area contributed by atoms with E-state index in [-0.39, 0.29) is 0 Å². The largest absolute Gasteiger partial charge is 0.312 e. The van der Waals surface area contributed by atoms with Crippen molar-refractivity contribution in [2.45, 2.75) is 25.4 Å². The molecule has 2 aliphatic heterocycles. The summed E-state index contributed by atoms with van der Waals surface area (Å²) in [4.78, 5) is 2.50. The van der Waals surface area contributed by atoms with Gasteiger partial charge in [-0.1, -0.05) is 0 Å². The molecule has 0 spiro atoms. The minimum atomic E-state index is 0.712. The second-order valence-electron chi connectivity index (χ2n) is 3.81. The molecule has 2 heteroatoms. The quantitative estimate of drug-likeness (QED) is 0.520. The molecule has 0 aromatic carbocycles. The highest BCUT2D eigenvalue weighted by atomic mass is 15.2. The van der Waals surface area contributed by atoms with Crippen LogP contribution in [0, 0.1) is 5.92 Å².